The predicted molar refractivity (Wildman–Crippen MR) is 74.9 cm³/mol. The molecule has 1 aliphatic carbocycles. The topological polar surface area (TPSA) is 15.8 Å². The van der Waals surface area contributed by atoms with Gasteiger partial charge < -0.3 is 4.98 Å². The van der Waals surface area contributed by atoms with Crippen molar-refractivity contribution in [3.05, 3.63) is 39.6 Å². The van der Waals surface area contributed by atoms with Crippen LogP contribution in [0.25, 0.3) is 35.2 Å². The van der Waals surface area contributed by atoms with Crippen molar-refractivity contribution in [2.75, 3.05) is 0 Å². The molecule has 1 heteroatoms. The van der Waals surface area contributed by atoms with Gasteiger partial charge in [0.15, 0.2) is 0 Å². The molecule has 84 valence electrons. The van der Waals surface area contributed by atoms with E-state index in [4.69, 9.17) is 0 Å². The van der Waals surface area contributed by atoms with Gasteiger partial charge in [-0.3, -0.25) is 0 Å². The molecule has 0 saturated carbocycles. The molecular weight excluding hydrogens is 206 g/mol. The molecule has 0 amide bonds. The highest BCUT2D eigenvalue weighted by atomic mass is 14.7. The number of hydrogen-bond donors (Lipinski definition) is 1. The summed E-state index contributed by atoms with van der Waals surface area (Å²) in [5.74, 6) is 0. The molecule has 1 N–H and O–H groups in total. The van der Waals surface area contributed by atoms with Crippen molar-refractivity contribution in [2.45, 2.75) is 20.3 Å². The van der Waals surface area contributed by atoms with Crippen LogP contribution in [0.3, 0.4) is 0 Å². The lowest BCUT2D eigenvalue weighted by Gasteiger charge is -1.98. The summed E-state index contributed by atoms with van der Waals surface area (Å²) in [5, 5.41) is 3.88. The van der Waals surface area contributed by atoms with Crippen molar-refractivity contribution >= 4 is 35.2 Å². The average molecular weight is 221 g/mol. The second-order valence-electron chi connectivity index (χ2n) is 4.30. The third-order valence-corrected chi connectivity index (χ3v) is 3.27. The summed E-state index contributed by atoms with van der Waals surface area (Å²) in [5.41, 5.74) is 6.97. The Morgan fingerprint density at radius 3 is 2.94 bits per heavy atom. The van der Waals surface area contributed by atoms with Gasteiger partial charge in [-0.2, -0.15) is 0 Å². The standard InChI is InChI=1S/C16H15N/c1-3-6-13-14(4-2)17-15-10-9-11-7-5-8-12(11)16(13)15/h4,6-10,17H,3H2,1-2H3. The first-order valence-electron chi connectivity index (χ1n) is 6.09. The zero-order chi connectivity index (χ0) is 11.8. The third-order valence-electron chi connectivity index (χ3n) is 3.27. The van der Waals surface area contributed by atoms with Crippen molar-refractivity contribution in [1.29, 1.82) is 0 Å². The van der Waals surface area contributed by atoms with Crippen molar-refractivity contribution in [2.24, 2.45) is 0 Å². The van der Waals surface area contributed by atoms with E-state index in [-0.39, 0.29) is 0 Å². The lowest BCUT2D eigenvalue weighted by atomic mass is 10.0. The Balaban J connectivity index is 2.57. The van der Waals surface area contributed by atoms with Crippen LogP contribution in [-0.4, -0.2) is 4.98 Å². The lowest BCUT2D eigenvalue weighted by molar-refractivity contribution is 1.27. The maximum Gasteiger partial charge on any atom is 0.0471 e. The van der Waals surface area contributed by atoms with Crippen LogP contribution < -0.4 is 10.6 Å². The normalized spacial score (nSPS) is 15.2. The minimum atomic E-state index is 1.05. The van der Waals surface area contributed by atoms with Gasteiger partial charge in [0.1, 0.15) is 0 Å². The summed E-state index contributed by atoms with van der Waals surface area (Å²) in [6.07, 6.45) is 9.61. The Morgan fingerprint density at radius 1 is 1.29 bits per heavy atom. The number of benzene rings is 1. The van der Waals surface area contributed by atoms with Crippen LogP contribution >= 0.6 is 0 Å². The first kappa shape index (κ1) is 10.2. The molecular formula is C16H15N. The largest absolute Gasteiger partial charge is 0.355 e. The van der Waals surface area contributed by atoms with Crippen molar-refractivity contribution in [3.63, 3.8) is 0 Å². The molecule has 0 aliphatic heterocycles. The zero-order valence-electron chi connectivity index (χ0n) is 10.2. The highest BCUT2D eigenvalue weighted by Crippen LogP contribution is 2.23. The zero-order valence-corrected chi connectivity index (χ0v) is 10.2. The number of nitrogens with one attached hydrogen (secondary N) is 1. The van der Waals surface area contributed by atoms with Crippen molar-refractivity contribution in [3.8, 4) is 0 Å². The van der Waals surface area contributed by atoms with Gasteiger partial charge in [-0.15, -0.1) is 5.73 Å². The summed E-state index contributed by atoms with van der Waals surface area (Å²) in [4.78, 5) is 3.48. The molecule has 0 radical (unpaired) electrons. The number of rotatable bonds is 1. The molecule has 0 spiro atoms. The maximum absolute atomic E-state index is 3.48. The lowest BCUT2D eigenvalue weighted by Crippen LogP contribution is -2.22. The van der Waals surface area contributed by atoms with E-state index in [9.17, 15) is 0 Å². The molecule has 3 rings (SSSR count). The van der Waals surface area contributed by atoms with E-state index in [0.29, 0.717) is 0 Å². The SMILES string of the molecule is CC=c1[nH]c2ccc3c(c2c1=CCC)C=C=C3. The van der Waals surface area contributed by atoms with E-state index in [0.717, 1.165) is 6.42 Å². The molecule has 1 aliphatic rings. The minimum absolute atomic E-state index is 1.05. The highest BCUT2D eigenvalue weighted by molar-refractivity contribution is 5.95. The van der Waals surface area contributed by atoms with Crippen LogP contribution in [0, 0.1) is 0 Å². The van der Waals surface area contributed by atoms with Crippen molar-refractivity contribution in [1.82, 2.24) is 4.98 Å². The highest BCUT2D eigenvalue weighted by Gasteiger charge is 2.09. The van der Waals surface area contributed by atoms with E-state index >= 15 is 0 Å². The van der Waals surface area contributed by atoms with Crippen molar-refractivity contribution < 1.29 is 0 Å². The summed E-state index contributed by atoms with van der Waals surface area (Å²) in [6, 6.07) is 4.31. The molecule has 1 aromatic carbocycles. The average Bonchev–Trinajstić information content (AvgIpc) is 2.92. The maximum atomic E-state index is 3.48. The van der Waals surface area contributed by atoms with E-state index in [2.05, 4.69) is 54.9 Å². The van der Waals surface area contributed by atoms with Crippen LogP contribution in [-0.2, 0) is 0 Å². The van der Waals surface area contributed by atoms with Crippen LogP contribution in [0.5, 0.6) is 0 Å². The van der Waals surface area contributed by atoms with E-state index in [1.165, 1.54) is 32.6 Å². The Kier molecular flexibility index (Phi) is 2.28. The van der Waals surface area contributed by atoms with Gasteiger partial charge in [0.25, 0.3) is 0 Å². The van der Waals surface area contributed by atoms with Gasteiger partial charge in [0.2, 0.25) is 0 Å². The molecule has 17 heavy (non-hydrogen) atoms. The molecule has 1 heterocycles. The Bertz CT molecular complexity index is 766. The van der Waals surface area contributed by atoms with Crippen LogP contribution in [0.2, 0.25) is 0 Å². The number of fused-ring (bicyclic) bond motifs is 3. The minimum Gasteiger partial charge on any atom is -0.355 e. The summed E-state index contributed by atoms with van der Waals surface area (Å²) in [6.45, 7) is 4.25. The van der Waals surface area contributed by atoms with Gasteiger partial charge in [-0.25, -0.2) is 0 Å². The molecule has 0 saturated heterocycles. The van der Waals surface area contributed by atoms with Gasteiger partial charge >= 0.3 is 0 Å². The molecule has 0 fully saturated rings. The number of H-pyrrole nitrogens is 1. The third kappa shape index (κ3) is 1.40. The fourth-order valence-corrected chi connectivity index (χ4v) is 2.52. The Hall–Kier alpha value is -1.98. The monoisotopic (exact) mass is 221 g/mol. The molecule has 1 nitrogen and oxygen atoms in total. The molecule has 0 unspecified atom stereocenters. The van der Waals surface area contributed by atoms with E-state index in [1.54, 1.807) is 0 Å². The second-order valence-corrected chi connectivity index (χ2v) is 4.30. The van der Waals surface area contributed by atoms with Crippen LogP contribution in [0.1, 0.15) is 31.4 Å². The predicted octanol–water partition coefficient (Wildman–Crippen LogP) is 2.80. The second kappa shape index (κ2) is 3.80. The summed E-state index contributed by atoms with van der Waals surface area (Å²) >= 11 is 0. The number of aromatic amines is 1. The number of hydrogen-bond acceptors (Lipinski definition) is 0. The van der Waals surface area contributed by atoms with Gasteiger partial charge in [0.05, 0.1) is 0 Å². The fraction of sp³-hybridized carbons (Fsp3) is 0.188. The van der Waals surface area contributed by atoms with Gasteiger partial charge in [-0.05, 0) is 42.7 Å². The Labute approximate surface area is 100 Å². The van der Waals surface area contributed by atoms with E-state index in [1.807, 2.05) is 6.08 Å². The molecule has 0 atom stereocenters. The van der Waals surface area contributed by atoms with Gasteiger partial charge in [-0.1, -0.05) is 25.1 Å². The first-order valence-corrected chi connectivity index (χ1v) is 6.09. The van der Waals surface area contributed by atoms with Crippen LogP contribution in [0.4, 0.5) is 0 Å². The smallest absolute Gasteiger partial charge is 0.0471 e. The molecule has 2 aromatic rings. The number of aromatic nitrogens is 1. The first-order chi connectivity index (χ1) is 8.35. The van der Waals surface area contributed by atoms with Gasteiger partial charge in [0, 0.05) is 21.5 Å². The van der Waals surface area contributed by atoms with Crippen LogP contribution in [0.15, 0.2) is 17.9 Å². The Morgan fingerprint density at radius 2 is 2.18 bits per heavy atom. The fourth-order valence-electron chi connectivity index (χ4n) is 2.52. The summed E-state index contributed by atoms with van der Waals surface area (Å²) in [7, 11) is 0. The molecule has 0 bridgehead atoms. The molecule has 1 aromatic heterocycles. The summed E-state index contributed by atoms with van der Waals surface area (Å²) < 4.78 is 0. The quantitative estimate of drug-likeness (QED) is 0.608. The van der Waals surface area contributed by atoms with E-state index < -0.39 is 0 Å².